The van der Waals surface area contributed by atoms with E-state index in [-0.39, 0.29) is 5.41 Å². The van der Waals surface area contributed by atoms with Gasteiger partial charge in [0.2, 0.25) is 5.91 Å². The first-order valence-electron chi connectivity index (χ1n) is 7.93. The van der Waals surface area contributed by atoms with Gasteiger partial charge in [-0.05, 0) is 42.7 Å². The number of ether oxygens (including phenoxy) is 1. The Morgan fingerprint density at radius 1 is 1.25 bits per heavy atom. The lowest BCUT2D eigenvalue weighted by Crippen LogP contribution is -2.40. The molecule has 0 radical (unpaired) electrons. The van der Waals surface area contributed by atoms with E-state index in [0.29, 0.717) is 17.9 Å². The molecule has 1 aliphatic rings. The van der Waals surface area contributed by atoms with Crippen LogP contribution in [0, 0.1) is 0 Å². The molecule has 1 aromatic heterocycles. The van der Waals surface area contributed by atoms with Crippen molar-refractivity contribution in [3.05, 3.63) is 58.7 Å². The first-order chi connectivity index (χ1) is 11.6. The number of nitrogens with zero attached hydrogens (tertiary/aromatic N) is 1. The number of pyridine rings is 1. The highest BCUT2D eigenvalue weighted by Crippen LogP contribution is 2.35. The van der Waals surface area contributed by atoms with Crippen molar-refractivity contribution in [3.63, 3.8) is 0 Å². The third kappa shape index (κ3) is 3.68. The number of hydrogen-bond acceptors (Lipinski definition) is 4. The Balaban J connectivity index is 1.81. The molecular weight excluding hydrogens is 326 g/mol. The van der Waals surface area contributed by atoms with E-state index in [4.69, 9.17) is 22.1 Å². The lowest BCUT2D eigenvalue weighted by atomic mass is 9.74. The fraction of sp³-hybridized carbons (Fsp3) is 0.333. The van der Waals surface area contributed by atoms with E-state index in [1.54, 1.807) is 18.3 Å². The number of benzene rings is 1. The molecule has 0 saturated carbocycles. The molecule has 1 aromatic carbocycles. The van der Waals surface area contributed by atoms with Crippen molar-refractivity contribution in [2.75, 3.05) is 25.1 Å². The average molecular weight is 346 g/mol. The Morgan fingerprint density at radius 3 is 2.62 bits per heavy atom. The van der Waals surface area contributed by atoms with Crippen LogP contribution in [-0.4, -0.2) is 30.6 Å². The fourth-order valence-corrected chi connectivity index (χ4v) is 3.20. The summed E-state index contributed by atoms with van der Waals surface area (Å²) in [7, 11) is 0. The summed E-state index contributed by atoms with van der Waals surface area (Å²) in [5, 5.41) is 4.08. The van der Waals surface area contributed by atoms with Crippen molar-refractivity contribution in [1.29, 1.82) is 0 Å². The predicted octanol–water partition coefficient (Wildman–Crippen LogP) is 2.99. The van der Waals surface area contributed by atoms with Gasteiger partial charge in [-0.1, -0.05) is 23.7 Å². The Kier molecular flexibility index (Phi) is 5.02. The van der Waals surface area contributed by atoms with E-state index in [0.717, 1.165) is 31.1 Å². The molecule has 1 aliphatic heterocycles. The van der Waals surface area contributed by atoms with E-state index >= 15 is 0 Å². The van der Waals surface area contributed by atoms with Gasteiger partial charge < -0.3 is 15.8 Å². The number of hydrogen-bond donors (Lipinski definition) is 2. The summed E-state index contributed by atoms with van der Waals surface area (Å²) in [5.41, 5.74) is 6.96. The molecule has 0 aliphatic carbocycles. The van der Waals surface area contributed by atoms with E-state index in [1.807, 2.05) is 12.1 Å². The summed E-state index contributed by atoms with van der Waals surface area (Å²) in [6.45, 7) is 2.14. The van der Waals surface area contributed by atoms with Crippen LogP contribution in [0.2, 0.25) is 5.02 Å². The van der Waals surface area contributed by atoms with Gasteiger partial charge in [0.05, 0.1) is 0 Å². The highest BCUT2D eigenvalue weighted by Gasteiger charge is 2.34. The first kappa shape index (κ1) is 16.7. The van der Waals surface area contributed by atoms with Crippen LogP contribution >= 0.6 is 11.6 Å². The molecule has 1 fully saturated rings. The average Bonchev–Trinajstić information content (AvgIpc) is 2.61. The van der Waals surface area contributed by atoms with Crippen molar-refractivity contribution in [1.82, 2.24) is 4.98 Å². The summed E-state index contributed by atoms with van der Waals surface area (Å²) in [4.78, 5) is 15.6. The van der Waals surface area contributed by atoms with E-state index in [1.165, 1.54) is 5.56 Å². The van der Waals surface area contributed by atoms with Gasteiger partial charge in [0.1, 0.15) is 5.82 Å². The molecule has 0 bridgehead atoms. The normalized spacial score (nSPS) is 16.5. The van der Waals surface area contributed by atoms with Gasteiger partial charge >= 0.3 is 0 Å². The topological polar surface area (TPSA) is 77.2 Å². The van der Waals surface area contributed by atoms with Gasteiger partial charge in [-0.3, -0.25) is 4.79 Å². The standard InChI is InChI=1S/C18H20ClN3O2/c19-15-3-1-14(2-4-15)18(6-9-24-10-7-18)12-22-16-11-13(17(20)23)5-8-21-16/h1-5,8,11H,6-7,9-10,12H2,(H2,20,23)(H,21,22). The molecule has 1 amide bonds. The third-order valence-electron chi connectivity index (χ3n) is 4.56. The SMILES string of the molecule is NC(=O)c1ccnc(NCC2(c3ccc(Cl)cc3)CCOCC2)c1. The number of primary amides is 1. The van der Waals surface area contributed by atoms with Crippen molar-refractivity contribution in [2.24, 2.45) is 5.73 Å². The zero-order valence-electron chi connectivity index (χ0n) is 13.3. The second-order valence-electron chi connectivity index (χ2n) is 6.05. The van der Waals surface area contributed by atoms with E-state index in [2.05, 4.69) is 22.4 Å². The van der Waals surface area contributed by atoms with Gasteiger partial charge in [0, 0.05) is 42.0 Å². The molecule has 126 valence electrons. The van der Waals surface area contributed by atoms with Crippen LogP contribution in [0.1, 0.15) is 28.8 Å². The number of nitrogens with one attached hydrogen (secondary N) is 1. The number of carbonyl (C=O) groups excluding carboxylic acids is 1. The summed E-state index contributed by atoms with van der Waals surface area (Å²) in [6.07, 6.45) is 3.41. The smallest absolute Gasteiger partial charge is 0.248 e. The summed E-state index contributed by atoms with van der Waals surface area (Å²) in [6, 6.07) is 11.3. The fourth-order valence-electron chi connectivity index (χ4n) is 3.07. The number of aromatic nitrogens is 1. The molecule has 2 aromatic rings. The maximum absolute atomic E-state index is 11.3. The van der Waals surface area contributed by atoms with Crippen LogP contribution in [-0.2, 0) is 10.2 Å². The molecule has 3 N–H and O–H groups in total. The second-order valence-corrected chi connectivity index (χ2v) is 6.48. The number of amides is 1. The van der Waals surface area contributed by atoms with Gasteiger partial charge in [-0.2, -0.15) is 0 Å². The van der Waals surface area contributed by atoms with Gasteiger partial charge in [-0.25, -0.2) is 4.98 Å². The van der Waals surface area contributed by atoms with Gasteiger partial charge in [0.25, 0.3) is 0 Å². The zero-order chi connectivity index (χ0) is 17.0. The van der Waals surface area contributed by atoms with Gasteiger partial charge in [0.15, 0.2) is 0 Å². The monoisotopic (exact) mass is 345 g/mol. The number of anilines is 1. The van der Waals surface area contributed by atoms with Crippen LogP contribution in [0.15, 0.2) is 42.6 Å². The first-order valence-corrected chi connectivity index (χ1v) is 8.30. The Labute approximate surface area is 146 Å². The molecule has 2 heterocycles. The molecule has 5 nitrogen and oxygen atoms in total. The summed E-state index contributed by atoms with van der Waals surface area (Å²) < 4.78 is 5.54. The molecular formula is C18H20ClN3O2. The molecule has 6 heteroatoms. The molecule has 0 spiro atoms. The van der Waals surface area contributed by atoms with Crippen molar-refractivity contribution < 1.29 is 9.53 Å². The van der Waals surface area contributed by atoms with Crippen LogP contribution < -0.4 is 11.1 Å². The van der Waals surface area contributed by atoms with Crippen molar-refractivity contribution in [2.45, 2.75) is 18.3 Å². The molecule has 0 atom stereocenters. The van der Waals surface area contributed by atoms with E-state index in [9.17, 15) is 4.79 Å². The highest BCUT2D eigenvalue weighted by atomic mass is 35.5. The highest BCUT2D eigenvalue weighted by molar-refractivity contribution is 6.30. The second kappa shape index (κ2) is 7.20. The summed E-state index contributed by atoms with van der Waals surface area (Å²) >= 11 is 6.02. The lowest BCUT2D eigenvalue weighted by molar-refractivity contribution is 0.0543. The van der Waals surface area contributed by atoms with Crippen LogP contribution in [0.5, 0.6) is 0 Å². The van der Waals surface area contributed by atoms with Gasteiger partial charge in [-0.15, -0.1) is 0 Å². The third-order valence-corrected chi connectivity index (χ3v) is 4.81. The Hall–Kier alpha value is -2.11. The number of rotatable bonds is 5. The van der Waals surface area contributed by atoms with Crippen molar-refractivity contribution in [3.8, 4) is 0 Å². The Morgan fingerprint density at radius 2 is 1.96 bits per heavy atom. The number of nitrogens with two attached hydrogens (primary N) is 1. The number of carbonyl (C=O) groups is 1. The minimum absolute atomic E-state index is 0.0484. The minimum Gasteiger partial charge on any atom is -0.381 e. The largest absolute Gasteiger partial charge is 0.381 e. The quantitative estimate of drug-likeness (QED) is 0.873. The molecule has 1 saturated heterocycles. The van der Waals surface area contributed by atoms with E-state index < -0.39 is 5.91 Å². The minimum atomic E-state index is -0.459. The van der Waals surface area contributed by atoms with Crippen molar-refractivity contribution >= 4 is 23.3 Å². The molecule has 0 unspecified atom stereocenters. The van der Waals surface area contributed by atoms with Crippen LogP contribution in [0.25, 0.3) is 0 Å². The summed E-state index contributed by atoms with van der Waals surface area (Å²) in [5.74, 6) is 0.185. The lowest BCUT2D eigenvalue weighted by Gasteiger charge is -2.38. The number of halogens is 1. The predicted molar refractivity (Wildman–Crippen MR) is 94.4 cm³/mol. The maximum atomic E-state index is 11.3. The molecule has 3 rings (SSSR count). The Bertz CT molecular complexity index is 712. The van der Waals surface area contributed by atoms with Crippen LogP contribution in [0.4, 0.5) is 5.82 Å². The maximum Gasteiger partial charge on any atom is 0.248 e. The van der Waals surface area contributed by atoms with Crippen LogP contribution in [0.3, 0.4) is 0 Å². The molecule has 24 heavy (non-hydrogen) atoms. The zero-order valence-corrected chi connectivity index (χ0v) is 14.1.